The summed E-state index contributed by atoms with van der Waals surface area (Å²) in [6.45, 7) is 1.60. The average Bonchev–Trinajstić information content (AvgIpc) is 2.84. The predicted molar refractivity (Wildman–Crippen MR) is 67.8 cm³/mol. The minimum atomic E-state index is -1.13. The number of carbonyl (C=O) groups is 1. The second-order valence-electron chi connectivity index (χ2n) is 3.88. The van der Waals surface area contributed by atoms with Crippen molar-refractivity contribution in [3.8, 4) is 11.5 Å². The van der Waals surface area contributed by atoms with E-state index in [-0.39, 0.29) is 17.5 Å². The van der Waals surface area contributed by atoms with Gasteiger partial charge in [-0.3, -0.25) is 10.1 Å². The van der Waals surface area contributed by atoms with Gasteiger partial charge in [0.1, 0.15) is 0 Å². The van der Waals surface area contributed by atoms with Gasteiger partial charge in [-0.1, -0.05) is 0 Å². The zero-order chi connectivity index (χ0) is 14.7. The number of aromatic nitrogens is 2. The van der Waals surface area contributed by atoms with E-state index in [0.29, 0.717) is 11.1 Å². The molecule has 1 aromatic heterocycles. The van der Waals surface area contributed by atoms with Crippen molar-refractivity contribution in [3.05, 3.63) is 45.8 Å². The quantitative estimate of drug-likeness (QED) is 0.515. The van der Waals surface area contributed by atoms with Gasteiger partial charge in [0.25, 0.3) is 5.69 Å². The van der Waals surface area contributed by atoms with Gasteiger partial charge < -0.3 is 9.52 Å². The fourth-order valence-electron chi connectivity index (χ4n) is 1.55. The first-order valence-electron chi connectivity index (χ1n) is 5.47. The maximum atomic E-state index is 10.7. The zero-order valence-corrected chi connectivity index (χ0v) is 10.3. The summed E-state index contributed by atoms with van der Waals surface area (Å²) >= 11 is 0. The molecule has 0 bridgehead atoms. The van der Waals surface area contributed by atoms with Gasteiger partial charge >= 0.3 is 5.97 Å². The van der Waals surface area contributed by atoms with Crippen LogP contribution in [0.5, 0.6) is 0 Å². The van der Waals surface area contributed by atoms with Gasteiger partial charge in [-0.2, -0.15) is 0 Å². The predicted octanol–water partition coefficient (Wildman–Crippen LogP) is 2.05. The van der Waals surface area contributed by atoms with Crippen molar-refractivity contribution in [1.82, 2.24) is 10.2 Å². The van der Waals surface area contributed by atoms with E-state index in [2.05, 4.69) is 10.2 Å². The van der Waals surface area contributed by atoms with Gasteiger partial charge in [0, 0.05) is 29.3 Å². The third-order valence-corrected chi connectivity index (χ3v) is 2.45. The Hall–Kier alpha value is -3.03. The van der Waals surface area contributed by atoms with Crippen LogP contribution in [0.2, 0.25) is 0 Å². The number of aryl methyl sites for hydroxylation is 1. The summed E-state index contributed by atoms with van der Waals surface area (Å²) in [5.41, 5.74) is 0.989. The highest BCUT2D eigenvalue weighted by molar-refractivity contribution is 5.84. The lowest BCUT2D eigenvalue weighted by molar-refractivity contribution is -0.385. The van der Waals surface area contributed by atoms with Crippen LogP contribution in [0.1, 0.15) is 11.5 Å². The lowest BCUT2D eigenvalue weighted by atomic mass is 10.1. The standard InChI is InChI=1S/C12H9N3O5/c1-7-6-8(2-3-9(7)15(18)19)12-14-13-10(20-12)4-5-11(16)17/h2-6H,1H3,(H,16,17)/b5-4+. The number of benzene rings is 1. The van der Waals surface area contributed by atoms with Crippen molar-refractivity contribution in [2.75, 3.05) is 0 Å². The average molecular weight is 275 g/mol. The molecule has 2 rings (SSSR count). The molecule has 0 aliphatic carbocycles. The molecule has 0 aliphatic heterocycles. The van der Waals surface area contributed by atoms with Crippen molar-refractivity contribution >= 4 is 17.7 Å². The molecule has 0 fully saturated rings. The molecule has 1 aromatic carbocycles. The van der Waals surface area contributed by atoms with Crippen LogP contribution in [0.25, 0.3) is 17.5 Å². The number of nitrogens with zero attached hydrogens (tertiary/aromatic N) is 3. The Bertz CT molecular complexity index is 705. The van der Waals surface area contributed by atoms with E-state index >= 15 is 0 Å². The monoisotopic (exact) mass is 275 g/mol. The molecule has 102 valence electrons. The number of carboxylic acids is 1. The number of carboxylic acid groups (broad SMARTS) is 1. The molecule has 20 heavy (non-hydrogen) atoms. The minimum absolute atomic E-state index is 0.000684. The number of rotatable bonds is 4. The summed E-state index contributed by atoms with van der Waals surface area (Å²) in [5, 5.41) is 26.6. The summed E-state index contributed by atoms with van der Waals surface area (Å²) < 4.78 is 5.23. The first kappa shape index (κ1) is 13.4. The highest BCUT2D eigenvalue weighted by atomic mass is 16.6. The van der Waals surface area contributed by atoms with Gasteiger partial charge in [-0.25, -0.2) is 4.79 Å². The van der Waals surface area contributed by atoms with E-state index in [9.17, 15) is 14.9 Å². The molecule has 0 unspecified atom stereocenters. The lowest BCUT2D eigenvalue weighted by Crippen LogP contribution is -1.91. The van der Waals surface area contributed by atoms with Gasteiger partial charge in [0.15, 0.2) is 0 Å². The second kappa shape index (κ2) is 5.31. The molecule has 1 heterocycles. The van der Waals surface area contributed by atoms with Crippen molar-refractivity contribution in [1.29, 1.82) is 0 Å². The van der Waals surface area contributed by atoms with E-state index in [1.165, 1.54) is 12.1 Å². The van der Waals surface area contributed by atoms with Crippen molar-refractivity contribution in [2.24, 2.45) is 0 Å². The molecule has 0 saturated heterocycles. The third-order valence-electron chi connectivity index (χ3n) is 2.45. The molecule has 0 aliphatic rings. The molecule has 1 N–H and O–H groups in total. The van der Waals surface area contributed by atoms with Crippen molar-refractivity contribution in [3.63, 3.8) is 0 Å². The molecule has 0 atom stereocenters. The fourth-order valence-corrected chi connectivity index (χ4v) is 1.55. The molecule has 8 nitrogen and oxygen atoms in total. The molecule has 0 radical (unpaired) electrons. The van der Waals surface area contributed by atoms with Gasteiger partial charge in [-0.15, -0.1) is 10.2 Å². The topological polar surface area (TPSA) is 119 Å². The van der Waals surface area contributed by atoms with Gasteiger partial charge in [-0.05, 0) is 19.1 Å². The van der Waals surface area contributed by atoms with Crippen LogP contribution in [-0.4, -0.2) is 26.2 Å². The van der Waals surface area contributed by atoms with Gasteiger partial charge in [0.2, 0.25) is 11.8 Å². The minimum Gasteiger partial charge on any atom is -0.478 e. The summed E-state index contributed by atoms with van der Waals surface area (Å²) in [6, 6.07) is 4.39. The van der Waals surface area contributed by atoms with Crippen LogP contribution in [0.3, 0.4) is 0 Å². The van der Waals surface area contributed by atoms with Crippen LogP contribution in [0, 0.1) is 17.0 Å². The maximum Gasteiger partial charge on any atom is 0.328 e. The summed E-state index contributed by atoms with van der Waals surface area (Å²) in [7, 11) is 0. The Morgan fingerprint density at radius 3 is 2.80 bits per heavy atom. The van der Waals surface area contributed by atoms with Crippen LogP contribution in [0.15, 0.2) is 28.7 Å². The van der Waals surface area contributed by atoms with Crippen molar-refractivity contribution in [2.45, 2.75) is 6.92 Å². The number of hydrogen-bond donors (Lipinski definition) is 1. The van der Waals surface area contributed by atoms with Crippen LogP contribution in [0.4, 0.5) is 5.69 Å². The largest absolute Gasteiger partial charge is 0.478 e. The SMILES string of the molecule is Cc1cc(-c2nnc(/C=C/C(=O)O)o2)ccc1[N+](=O)[O-]. The van der Waals surface area contributed by atoms with Crippen LogP contribution >= 0.6 is 0 Å². The smallest absolute Gasteiger partial charge is 0.328 e. The first-order valence-corrected chi connectivity index (χ1v) is 5.47. The molecule has 2 aromatic rings. The molecular formula is C12H9N3O5. The van der Waals surface area contributed by atoms with Crippen LogP contribution < -0.4 is 0 Å². The Morgan fingerprint density at radius 2 is 2.20 bits per heavy atom. The summed E-state index contributed by atoms with van der Waals surface area (Å²) in [4.78, 5) is 20.6. The van der Waals surface area contributed by atoms with Crippen LogP contribution in [-0.2, 0) is 4.79 Å². The van der Waals surface area contributed by atoms with Gasteiger partial charge in [0.05, 0.1) is 4.92 Å². The van der Waals surface area contributed by atoms with E-state index in [1.807, 2.05) is 0 Å². The maximum absolute atomic E-state index is 10.7. The Labute approximate surface area is 112 Å². The number of nitro benzene ring substituents is 1. The number of hydrogen-bond acceptors (Lipinski definition) is 6. The molecule has 0 saturated carbocycles. The zero-order valence-electron chi connectivity index (χ0n) is 10.3. The van der Waals surface area contributed by atoms with E-state index < -0.39 is 10.9 Å². The Balaban J connectivity index is 2.31. The molecule has 0 spiro atoms. The lowest BCUT2D eigenvalue weighted by Gasteiger charge is -1.98. The normalized spacial score (nSPS) is 10.8. The highest BCUT2D eigenvalue weighted by Crippen LogP contribution is 2.25. The highest BCUT2D eigenvalue weighted by Gasteiger charge is 2.13. The Kier molecular flexibility index (Phi) is 3.56. The first-order chi connectivity index (χ1) is 9.47. The second-order valence-corrected chi connectivity index (χ2v) is 3.88. The number of aliphatic carboxylic acids is 1. The summed E-state index contributed by atoms with van der Waals surface area (Å²) in [5.74, 6) is -0.928. The number of nitro groups is 1. The van der Waals surface area contributed by atoms with E-state index in [1.54, 1.807) is 13.0 Å². The molecular weight excluding hydrogens is 266 g/mol. The van der Waals surface area contributed by atoms with E-state index in [0.717, 1.165) is 12.2 Å². The third kappa shape index (κ3) is 2.86. The van der Waals surface area contributed by atoms with Crippen molar-refractivity contribution < 1.29 is 19.2 Å². The Morgan fingerprint density at radius 1 is 1.45 bits per heavy atom. The molecule has 0 amide bonds. The molecule has 8 heteroatoms. The summed E-state index contributed by atoms with van der Waals surface area (Å²) in [6.07, 6.45) is 2.04. The van der Waals surface area contributed by atoms with E-state index in [4.69, 9.17) is 9.52 Å². The fraction of sp³-hybridized carbons (Fsp3) is 0.0833.